The number of aromatic nitrogens is 4. The molecule has 0 N–H and O–H groups in total. The van der Waals surface area contributed by atoms with Crippen LogP contribution in [0, 0.1) is 12.8 Å². The van der Waals surface area contributed by atoms with E-state index in [0.29, 0.717) is 28.6 Å². The van der Waals surface area contributed by atoms with Gasteiger partial charge in [0, 0.05) is 30.8 Å². The Bertz CT molecular complexity index is 1270. The summed E-state index contributed by atoms with van der Waals surface area (Å²) in [5.41, 5.74) is 0.706. The maximum absolute atomic E-state index is 13.0. The van der Waals surface area contributed by atoms with Crippen LogP contribution in [0.3, 0.4) is 0 Å². The first-order chi connectivity index (χ1) is 13.7. The first-order valence-electron chi connectivity index (χ1n) is 9.13. The molecule has 152 valence electrons. The monoisotopic (exact) mass is 416 g/mol. The zero-order valence-corrected chi connectivity index (χ0v) is 16.9. The summed E-state index contributed by atoms with van der Waals surface area (Å²) in [6.45, 7) is 4.32. The first kappa shape index (κ1) is 19.3. The zero-order chi connectivity index (χ0) is 21.0. The largest absolute Gasteiger partial charge is 0.548 e. The van der Waals surface area contributed by atoms with Gasteiger partial charge in [-0.1, -0.05) is 24.6 Å². The molecule has 1 aromatic carbocycles. The highest BCUT2D eigenvalue weighted by Crippen LogP contribution is 2.36. The minimum Gasteiger partial charge on any atom is -0.548 e. The van der Waals surface area contributed by atoms with Gasteiger partial charge in [0.15, 0.2) is 11.2 Å². The number of hydrogen-bond acceptors (Lipinski definition) is 6. The van der Waals surface area contributed by atoms with Gasteiger partial charge in [0.25, 0.3) is 5.56 Å². The lowest BCUT2D eigenvalue weighted by Crippen LogP contribution is -2.44. The molecule has 0 amide bonds. The Kier molecular flexibility index (Phi) is 4.49. The lowest BCUT2D eigenvalue weighted by atomic mass is 10.1. The highest BCUT2D eigenvalue weighted by Gasteiger charge is 2.30. The van der Waals surface area contributed by atoms with E-state index in [1.54, 1.807) is 10.6 Å². The summed E-state index contributed by atoms with van der Waals surface area (Å²) in [6, 6.07) is 5.58. The number of halogens is 1. The van der Waals surface area contributed by atoms with E-state index in [9.17, 15) is 19.5 Å². The molecule has 29 heavy (non-hydrogen) atoms. The number of imidazole rings is 1. The Morgan fingerprint density at radius 2 is 2.03 bits per heavy atom. The Morgan fingerprint density at radius 3 is 2.72 bits per heavy atom. The van der Waals surface area contributed by atoms with Crippen LogP contribution < -0.4 is 21.3 Å². The summed E-state index contributed by atoms with van der Waals surface area (Å²) in [5.74, 6) is -0.822. The van der Waals surface area contributed by atoms with Crippen LogP contribution in [0.2, 0.25) is 5.02 Å². The second-order valence-corrected chi connectivity index (χ2v) is 7.81. The maximum Gasteiger partial charge on any atom is 0.332 e. The molecule has 3 heterocycles. The van der Waals surface area contributed by atoms with Gasteiger partial charge in [-0.15, -0.1) is 0 Å². The van der Waals surface area contributed by atoms with Crippen molar-refractivity contribution in [2.24, 2.45) is 13.0 Å². The molecular weight excluding hydrogens is 398 g/mol. The lowest BCUT2D eigenvalue weighted by molar-refractivity contribution is -0.306. The molecule has 10 heteroatoms. The fraction of sp³-hybridized carbons (Fsp3) is 0.368. The number of rotatable bonds is 3. The molecule has 0 spiro atoms. The van der Waals surface area contributed by atoms with Crippen molar-refractivity contribution in [1.29, 1.82) is 0 Å². The summed E-state index contributed by atoms with van der Waals surface area (Å²) in [5, 5.41) is 11.7. The van der Waals surface area contributed by atoms with E-state index in [4.69, 9.17) is 11.6 Å². The zero-order valence-electron chi connectivity index (χ0n) is 16.2. The number of aryl methyl sites for hydroxylation is 1. The van der Waals surface area contributed by atoms with Crippen LogP contribution in [0.15, 0.2) is 27.8 Å². The van der Waals surface area contributed by atoms with Crippen LogP contribution in [0.4, 0.5) is 11.6 Å². The van der Waals surface area contributed by atoms with Crippen molar-refractivity contribution in [3.05, 3.63) is 49.6 Å². The number of carboxylic acid groups (broad SMARTS) is 1. The molecule has 9 nitrogen and oxygen atoms in total. The quantitative estimate of drug-likeness (QED) is 0.611. The van der Waals surface area contributed by atoms with Crippen molar-refractivity contribution in [3.8, 4) is 0 Å². The van der Waals surface area contributed by atoms with Gasteiger partial charge in [0.2, 0.25) is 5.95 Å². The fourth-order valence-electron chi connectivity index (χ4n) is 3.86. The van der Waals surface area contributed by atoms with Crippen LogP contribution in [0.25, 0.3) is 11.2 Å². The molecule has 3 aromatic rings. The summed E-state index contributed by atoms with van der Waals surface area (Å²) in [6.07, 6.45) is 0. The predicted octanol–water partition coefficient (Wildman–Crippen LogP) is 0.396. The average Bonchev–Trinajstić information content (AvgIpc) is 3.04. The number of carboxylic acids is 1. The molecule has 0 bridgehead atoms. The second-order valence-electron chi connectivity index (χ2n) is 7.40. The van der Waals surface area contributed by atoms with Crippen LogP contribution in [0.1, 0.15) is 12.5 Å². The molecule has 1 atom stereocenters. The maximum atomic E-state index is 13.0. The van der Waals surface area contributed by atoms with Gasteiger partial charge in [-0.3, -0.25) is 13.9 Å². The van der Waals surface area contributed by atoms with Crippen LogP contribution in [0.5, 0.6) is 0 Å². The Hall–Kier alpha value is -3.07. The smallest absolute Gasteiger partial charge is 0.332 e. The number of fused-ring (bicyclic) bond motifs is 3. The summed E-state index contributed by atoms with van der Waals surface area (Å²) >= 11 is 6.30. The van der Waals surface area contributed by atoms with Gasteiger partial charge in [-0.05, 0) is 30.5 Å². The van der Waals surface area contributed by atoms with Crippen molar-refractivity contribution in [2.45, 2.75) is 26.9 Å². The van der Waals surface area contributed by atoms with Crippen molar-refractivity contribution >= 4 is 40.4 Å². The molecule has 0 fully saturated rings. The highest BCUT2D eigenvalue weighted by atomic mass is 35.5. The van der Waals surface area contributed by atoms with Gasteiger partial charge in [0.1, 0.15) is 0 Å². The number of aliphatic carboxylic acids is 1. The molecule has 0 radical (unpaired) electrons. The van der Waals surface area contributed by atoms with E-state index in [1.165, 1.54) is 11.6 Å². The van der Waals surface area contributed by atoms with Crippen molar-refractivity contribution in [1.82, 2.24) is 18.7 Å². The summed E-state index contributed by atoms with van der Waals surface area (Å²) in [4.78, 5) is 43.1. The van der Waals surface area contributed by atoms with Gasteiger partial charge in [0.05, 0.1) is 12.5 Å². The Morgan fingerprint density at radius 1 is 1.31 bits per heavy atom. The number of nitrogens with zero attached hydrogens (tertiary/aromatic N) is 5. The van der Waals surface area contributed by atoms with E-state index in [0.717, 1.165) is 11.3 Å². The molecule has 2 aromatic heterocycles. The molecule has 0 saturated heterocycles. The van der Waals surface area contributed by atoms with Gasteiger partial charge in [-0.25, -0.2) is 4.79 Å². The van der Waals surface area contributed by atoms with E-state index >= 15 is 0 Å². The van der Waals surface area contributed by atoms with Crippen LogP contribution in [-0.4, -0.2) is 31.2 Å². The van der Waals surface area contributed by atoms with E-state index in [-0.39, 0.29) is 17.1 Å². The SMILES string of the molecule is Cc1c(Cl)cccc1N1C[C@@H](C)Cn2c1nc1c2c(=O)n(CC(=O)[O-])c(=O)n1C. The van der Waals surface area contributed by atoms with E-state index in [2.05, 4.69) is 4.98 Å². The number of carbonyl (C=O) groups is 1. The van der Waals surface area contributed by atoms with Crippen LogP contribution in [-0.2, 0) is 24.9 Å². The molecule has 4 rings (SSSR count). The lowest BCUT2D eigenvalue weighted by Gasteiger charge is -2.34. The van der Waals surface area contributed by atoms with Crippen molar-refractivity contribution < 1.29 is 9.90 Å². The topological polar surface area (TPSA) is 105 Å². The molecule has 0 unspecified atom stereocenters. The number of hydrogen-bond donors (Lipinski definition) is 0. The second kappa shape index (κ2) is 6.77. The summed E-state index contributed by atoms with van der Waals surface area (Å²) < 4.78 is 3.61. The van der Waals surface area contributed by atoms with Crippen molar-refractivity contribution in [3.63, 3.8) is 0 Å². The normalized spacial score (nSPS) is 16.3. The minimum atomic E-state index is -1.51. The van der Waals surface area contributed by atoms with Crippen LogP contribution >= 0.6 is 11.6 Å². The third kappa shape index (κ3) is 2.93. The number of carbonyl (C=O) groups excluding carboxylic acids is 1. The minimum absolute atomic E-state index is 0.171. The number of benzene rings is 1. The molecule has 0 aliphatic carbocycles. The van der Waals surface area contributed by atoms with E-state index < -0.39 is 23.8 Å². The third-order valence-electron chi connectivity index (χ3n) is 5.26. The molecule has 1 aliphatic rings. The fourth-order valence-corrected chi connectivity index (χ4v) is 4.03. The number of anilines is 2. The third-order valence-corrected chi connectivity index (χ3v) is 5.67. The molecular formula is C19H19ClN5O4-. The Balaban J connectivity index is 2.04. The molecule has 1 aliphatic heterocycles. The molecule has 0 saturated carbocycles. The van der Waals surface area contributed by atoms with E-state index in [1.807, 2.05) is 30.9 Å². The Labute approximate surface area is 170 Å². The van der Waals surface area contributed by atoms with Gasteiger partial charge in [-0.2, -0.15) is 4.98 Å². The average molecular weight is 417 g/mol. The predicted molar refractivity (Wildman–Crippen MR) is 107 cm³/mol. The first-order valence-corrected chi connectivity index (χ1v) is 9.51. The van der Waals surface area contributed by atoms with Gasteiger partial charge >= 0.3 is 5.69 Å². The van der Waals surface area contributed by atoms with Gasteiger partial charge < -0.3 is 19.4 Å². The van der Waals surface area contributed by atoms with Crippen molar-refractivity contribution in [2.75, 3.05) is 11.4 Å². The highest BCUT2D eigenvalue weighted by molar-refractivity contribution is 6.31. The standard InChI is InChI=1S/C19H20ClN5O4/c1-10-7-23(13-6-4-5-12(20)11(13)2)18-21-16-15(24(18)8-10)17(28)25(9-14(26)27)19(29)22(16)3/h4-6,10H,7-9H2,1-3H3,(H,26,27)/p-1/t10-/m1/s1. The summed E-state index contributed by atoms with van der Waals surface area (Å²) in [7, 11) is 1.47.